The maximum atomic E-state index is 6.41. The lowest BCUT2D eigenvalue weighted by molar-refractivity contribution is -0.246. The van der Waals surface area contributed by atoms with E-state index in [4.69, 9.17) is 14.2 Å². The van der Waals surface area contributed by atoms with Crippen LogP contribution in [0.15, 0.2) is 30.3 Å². The molecule has 1 aromatic carbocycles. The first-order valence-electron chi connectivity index (χ1n) is 6.95. The molecule has 3 nitrogen and oxygen atoms in total. The Kier molecular flexibility index (Phi) is 1.28. The second kappa shape index (κ2) is 2.53. The average Bonchev–Trinajstić information content (AvgIpc) is 3.04. The van der Waals surface area contributed by atoms with Gasteiger partial charge >= 0.3 is 0 Å². The van der Waals surface area contributed by atoms with E-state index < -0.39 is 5.79 Å². The van der Waals surface area contributed by atoms with Gasteiger partial charge in [-0.3, -0.25) is 0 Å². The Hall–Kier alpha value is -0.900. The van der Waals surface area contributed by atoms with Gasteiger partial charge in [0.15, 0.2) is 6.29 Å². The van der Waals surface area contributed by atoms with Crippen molar-refractivity contribution >= 4 is 0 Å². The van der Waals surface area contributed by atoms with E-state index >= 15 is 0 Å². The predicted molar refractivity (Wildman–Crippen MR) is 61.3 cm³/mol. The van der Waals surface area contributed by atoms with Crippen LogP contribution in [0, 0.1) is 23.7 Å². The molecule has 0 spiro atoms. The van der Waals surface area contributed by atoms with Crippen molar-refractivity contribution in [2.45, 2.75) is 30.7 Å². The highest BCUT2D eigenvalue weighted by Gasteiger charge is 2.81. The highest BCUT2D eigenvalue weighted by Crippen LogP contribution is 2.74. The lowest BCUT2D eigenvalue weighted by Gasteiger charge is -2.28. The van der Waals surface area contributed by atoms with E-state index in [-0.39, 0.29) is 12.4 Å². The van der Waals surface area contributed by atoms with E-state index in [1.54, 1.807) is 0 Å². The molecule has 2 aliphatic carbocycles. The molecule has 5 fully saturated rings. The SMILES string of the molecule is c1ccc([C@@]23O[C@H]4O[C@H]5[C@H]6C[C@@H]([C@@H]5O2)[C@@H]3[C@@H]46)cc1. The smallest absolute Gasteiger partial charge is 0.201 e. The topological polar surface area (TPSA) is 27.7 Å². The Balaban J connectivity index is 1.62. The summed E-state index contributed by atoms with van der Waals surface area (Å²) in [6.45, 7) is 0. The van der Waals surface area contributed by atoms with Gasteiger partial charge in [0.2, 0.25) is 5.79 Å². The molecule has 3 saturated heterocycles. The zero-order valence-corrected chi connectivity index (χ0v) is 9.86. The number of fused-ring (bicyclic) bond motifs is 1. The van der Waals surface area contributed by atoms with Crippen LogP contribution in [0.4, 0.5) is 0 Å². The molecule has 0 N–H and O–H groups in total. The van der Waals surface area contributed by atoms with Gasteiger partial charge in [0.05, 0.1) is 12.2 Å². The average molecular weight is 242 g/mol. The van der Waals surface area contributed by atoms with Crippen molar-refractivity contribution in [2.75, 3.05) is 0 Å². The fourth-order valence-electron chi connectivity index (χ4n) is 5.50. The van der Waals surface area contributed by atoms with Crippen LogP contribution in [0.5, 0.6) is 0 Å². The van der Waals surface area contributed by atoms with Crippen LogP contribution in [0.3, 0.4) is 0 Å². The van der Waals surface area contributed by atoms with Crippen LogP contribution >= 0.6 is 0 Å². The van der Waals surface area contributed by atoms with Crippen molar-refractivity contribution in [3.63, 3.8) is 0 Å². The fourth-order valence-corrected chi connectivity index (χ4v) is 5.50. The summed E-state index contributed by atoms with van der Waals surface area (Å²) in [7, 11) is 0. The summed E-state index contributed by atoms with van der Waals surface area (Å²) in [4.78, 5) is 0. The molecule has 3 heteroatoms. The number of benzene rings is 1. The molecule has 18 heavy (non-hydrogen) atoms. The van der Waals surface area contributed by atoms with Crippen molar-refractivity contribution in [2.24, 2.45) is 23.7 Å². The first-order valence-corrected chi connectivity index (χ1v) is 6.95. The minimum Gasteiger partial charge on any atom is -0.346 e. The first-order chi connectivity index (χ1) is 8.88. The van der Waals surface area contributed by atoms with Gasteiger partial charge in [-0.25, -0.2) is 0 Å². The van der Waals surface area contributed by atoms with Crippen molar-refractivity contribution in [3.8, 4) is 0 Å². The molecule has 0 radical (unpaired) electrons. The summed E-state index contributed by atoms with van der Waals surface area (Å²) >= 11 is 0. The molecule has 5 aliphatic rings. The molecule has 0 unspecified atom stereocenters. The second-order valence-corrected chi connectivity index (χ2v) is 6.37. The molecule has 2 bridgehead atoms. The second-order valence-electron chi connectivity index (χ2n) is 6.37. The van der Waals surface area contributed by atoms with E-state index in [9.17, 15) is 0 Å². The van der Waals surface area contributed by atoms with Crippen LogP contribution in [0.1, 0.15) is 12.0 Å². The van der Waals surface area contributed by atoms with Crippen molar-refractivity contribution in [3.05, 3.63) is 35.9 Å². The van der Waals surface area contributed by atoms with E-state index in [0.717, 1.165) is 0 Å². The molecule has 6 rings (SSSR count). The van der Waals surface area contributed by atoms with E-state index in [0.29, 0.717) is 29.8 Å². The van der Waals surface area contributed by atoms with Gasteiger partial charge in [0, 0.05) is 17.4 Å². The summed E-state index contributed by atoms with van der Waals surface area (Å²) < 4.78 is 18.8. The Morgan fingerprint density at radius 2 is 1.89 bits per heavy atom. The predicted octanol–water partition coefficient (Wildman–Crippen LogP) is 1.88. The largest absolute Gasteiger partial charge is 0.346 e. The van der Waals surface area contributed by atoms with Crippen LogP contribution in [-0.2, 0) is 20.0 Å². The number of ether oxygens (including phenoxy) is 3. The number of hydrogen-bond donors (Lipinski definition) is 0. The lowest BCUT2D eigenvalue weighted by Crippen LogP contribution is -2.32. The van der Waals surface area contributed by atoms with Crippen molar-refractivity contribution in [1.29, 1.82) is 0 Å². The molecule has 92 valence electrons. The van der Waals surface area contributed by atoms with Gasteiger partial charge in [-0.1, -0.05) is 30.3 Å². The van der Waals surface area contributed by atoms with E-state index in [1.807, 2.05) is 6.07 Å². The minimum absolute atomic E-state index is 0.0114. The van der Waals surface area contributed by atoms with Crippen molar-refractivity contribution in [1.82, 2.24) is 0 Å². The molecule has 8 atom stereocenters. The van der Waals surface area contributed by atoms with E-state index in [2.05, 4.69) is 24.3 Å². The molecule has 0 amide bonds. The third-order valence-electron chi connectivity index (χ3n) is 5.91. The zero-order chi connectivity index (χ0) is 11.5. The van der Waals surface area contributed by atoms with Gasteiger partial charge in [0.25, 0.3) is 0 Å². The van der Waals surface area contributed by atoms with E-state index in [1.165, 1.54) is 12.0 Å². The quantitative estimate of drug-likeness (QED) is 0.752. The molecular weight excluding hydrogens is 228 g/mol. The van der Waals surface area contributed by atoms with Crippen LogP contribution < -0.4 is 0 Å². The third kappa shape index (κ3) is 0.708. The maximum Gasteiger partial charge on any atom is 0.201 e. The fraction of sp³-hybridized carbons (Fsp3) is 0.600. The summed E-state index contributed by atoms with van der Waals surface area (Å²) in [5, 5.41) is 0. The molecule has 2 saturated carbocycles. The third-order valence-corrected chi connectivity index (χ3v) is 5.91. The van der Waals surface area contributed by atoms with Gasteiger partial charge in [-0.05, 0) is 18.3 Å². The summed E-state index contributed by atoms with van der Waals surface area (Å²) in [5.41, 5.74) is 1.18. The van der Waals surface area contributed by atoms with Gasteiger partial charge in [-0.15, -0.1) is 0 Å². The molecule has 3 heterocycles. The maximum absolute atomic E-state index is 6.41. The number of hydrogen-bond acceptors (Lipinski definition) is 3. The van der Waals surface area contributed by atoms with Crippen molar-refractivity contribution < 1.29 is 14.2 Å². The molecule has 1 aromatic rings. The standard InChI is InChI=1S/C15H14O3/c1-2-4-7(5-3-1)15-11-9-6-8-10(11)14(18-15)16-12(8)13(9)17-15/h1-5,8-14H,6H2/t8-,9+,10-,11+,12-,13-,14+,15-/m0/s1. The highest BCUT2D eigenvalue weighted by atomic mass is 16.8. The highest BCUT2D eigenvalue weighted by molar-refractivity contribution is 5.31. The lowest BCUT2D eigenvalue weighted by atomic mass is 9.77. The summed E-state index contributed by atoms with van der Waals surface area (Å²) in [6.07, 6.45) is 1.88. The minimum atomic E-state index is -0.494. The molecular formula is C15H14O3. The summed E-state index contributed by atoms with van der Waals surface area (Å²) in [5.74, 6) is 1.98. The van der Waals surface area contributed by atoms with Crippen LogP contribution in [0.2, 0.25) is 0 Å². The van der Waals surface area contributed by atoms with Crippen LogP contribution in [0.25, 0.3) is 0 Å². The Morgan fingerprint density at radius 3 is 2.78 bits per heavy atom. The monoisotopic (exact) mass is 242 g/mol. The Morgan fingerprint density at radius 1 is 1.00 bits per heavy atom. The van der Waals surface area contributed by atoms with Gasteiger partial charge in [0.1, 0.15) is 0 Å². The Labute approximate surface area is 105 Å². The molecule has 0 aromatic heterocycles. The Bertz CT molecular complexity index is 544. The summed E-state index contributed by atoms with van der Waals surface area (Å²) in [6, 6.07) is 10.5. The molecule has 3 aliphatic heterocycles. The van der Waals surface area contributed by atoms with Gasteiger partial charge in [-0.2, -0.15) is 0 Å². The van der Waals surface area contributed by atoms with Crippen LogP contribution in [-0.4, -0.2) is 18.5 Å². The normalized spacial score (nSPS) is 61.2. The zero-order valence-electron chi connectivity index (χ0n) is 9.86. The first kappa shape index (κ1) is 9.08. The number of rotatable bonds is 1. The van der Waals surface area contributed by atoms with Gasteiger partial charge < -0.3 is 14.2 Å².